The van der Waals surface area contributed by atoms with Gasteiger partial charge < -0.3 is 42.1 Å². The minimum Gasteiger partial charge on any atom is -0.348 e. The first-order valence-electron chi connectivity index (χ1n) is 32.7. The molecule has 29 nitrogen and oxygen atoms in total. The van der Waals surface area contributed by atoms with Crippen molar-refractivity contribution >= 4 is 127 Å². The van der Waals surface area contributed by atoms with E-state index in [1.165, 1.54) is 0 Å². The first-order chi connectivity index (χ1) is 46.4. The van der Waals surface area contributed by atoms with Gasteiger partial charge in [-0.3, -0.25) is 70.2 Å². The number of hydrogen-bond donors (Lipinski definition) is 13. The number of nitrogens with zero attached hydrogens (tertiary/aromatic N) is 10. The molecule has 4 fully saturated rings. The van der Waals surface area contributed by atoms with Gasteiger partial charge in [-0.25, -0.2) is 19.7 Å². The second kappa shape index (κ2) is 23.5. The molecule has 13 N–H and O–H groups in total. The van der Waals surface area contributed by atoms with E-state index in [9.17, 15) is 28.8 Å². The van der Waals surface area contributed by atoms with Gasteiger partial charge in [0.05, 0.1) is 6.04 Å². The molecule has 7 aliphatic rings. The van der Waals surface area contributed by atoms with Crippen molar-refractivity contribution in [1.82, 2.24) is 80.7 Å². The molecule has 3 spiro atoms. The summed E-state index contributed by atoms with van der Waals surface area (Å²) >= 11 is 0. The average molecular weight is 1280 g/mol. The number of piperazine rings is 1. The van der Waals surface area contributed by atoms with E-state index in [2.05, 4.69) is 84.3 Å². The molecule has 10 heterocycles. The number of urea groups is 1. The number of carbonyl (C=O) groups is 6. The van der Waals surface area contributed by atoms with Crippen molar-refractivity contribution in [2.75, 3.05) is 64.2 Å². The van der Waals surface area contributed by atoms with Crippen LogP contribution in [0.5, 0.6) is 0 Å². The molecule has 6 aromatic heterocycles. The summed E-state index contributed by atoms with van der Waals surface area (Å²) in [5.74, 6) is 2.26. The standard InChI is InChI=1S/C66H71N23O6/c1-67-63(95)76-43-21-19-42(20-22-43)75-61-71-34-44-45(53-81-84-58(93)65(25-7-3-8-26-65)88(53)51(44)78-61)33-69-55(90)37-11-15-40(16-12-37)74-62-72-35-46-49(54-82-85-59(94)66(27-9-4-10-28-66)89(54)52(46)79-62)47-36-86(30-29-68-47)56(91)38-13-17-41(18-14-38)73-60-70-32-39-31-48-80-83-57(92)64(23-5-2-6-24-64)87(48)50(39)77-60/h11-22,31-32,34-35,47,68,80-82H,2-10,23-30,33,36H2,1H3,(H,69,90)(H,83,92)(H,84,93)(H,85,94)(H2,67,76,95)(H,70,73,77)(H,71,75,78)(H,72,74,79). The lowest BCUT2D eigenvalue weighted by atomic mass is 9.80. The number of rotatable bonds is 12. The summed E-state index contributed by atoms with van der Waals surface area (Å²) in [6.45, 7) is 1.38. The van der Waals surface area contributed by atoms with Crippen LogP contribution in [0.3, 0.4) is 0 Å². The maximum atomic E-state index is 14.5. The molecule has 486 valence electrons. The number of amides is 7. The molecule has 3 aromatic carbocycles. The van der Waals surface area contributed by atoms with Gasteiger partial charge >= 0.3 is 6.03 Å². The Balaban J connectivity index is 0.626. The van der Waals surface area contributed by atoms with E-state index in [0.717, 1.165) is 92.8 Å². The van der Waals surface area contributed by atoms with Crippen molar-refractivity contribution in [1.29, 1.82) is 0 Å². The van der Waals surface area contributed by atoms with Crippen LogP contribution in [0.15, 0.2) is 97.5 Å². The lowest BCUT2D eigenvalue weighted by molar-refractivity contribution is -0.132. The molecule has 1 saturated heterocycles. The fraction of sp³-hybridized carbons (Fsp3) is 0.364. The Bertz CT molecular complexity index is 4580. The van der Waals surface area contributed by atoms with Crippen LogP contribution in [0.2, 0.25) is 0 Å². The summed E-state index contributed by atoms with van der Waals surface area (Å²) in [5, 5.41) is 24.2. The number of benzene rings is 3. The highest BCUT2D eigenvalue weighted by molar-refractivity contribution is 6.00. The normalized spacial score (nSPS) is 19.1. The molecule has 1 atom stereocenters. The molecule has 95 heavy (non-hydrogen) atoms. The number of carbonyl (C=O) groups excluding carboxylic acids is 6. The van der Waals surface area contributed by atoms with E-state index in [-0.39, 0.29) is 54.1 Å². The Morgan fingerprint density at radius 3 is 1.61 bits per heavy atom. The van der Waals surface area contributed by atoms with Crippen LogP contribution in [-0.4, -0.2) is 111 Å². The van der Waals surface area contributed by atoms with Crippen molar-refractivity contribution in [3.63, 3.8) is 0 Å². The lowest BCUT2D eigenvalue weighted by Gasteiger charge is -2.42. The number of hydrogen-bond acceptors (Lipinski definition) is 19. The zero-order valence-corrected chi connectivity index (χ0v) is 52.2. The van der Waals surface area contributed by atoms with Gasteiger partial charge in [0.2, 0.25) is 17.8 Å². The summed E-state index contributed by atoms with van der Waals surface area (Å²) < 4.78 is 6.08. The number of fused-ring (bicyclic) bond motifs is 12. The van der Waals surface area contributed by atoms with Crippen molar-refractivity contribution in [2.45, 2.75) is 126 Å². The zero-order valence-electron chi connectivity index (χ0n) is 52.2. The monoisotopic (exact) mass is 1280 g/mol. The molecular weight excluding hydrogens is 1210 g/mol. The van der Waals surface area contributed by atoms with Gasteiger partial charge in [-0.05, 0) is 117 Å². The third-order valence-electron chi connectivity index (χ3n) is 20.2. The predicted molar refractivity (Wildman–Crippen MR) is 356 cm³/mol. The molecule has 9 aromatic rings. The largest absolute Gasteiger partial charge is 0.348 e. The summed E-state index contributed by atoms with van der Waals surface area (Å²) in [4.78, 5) is 113. The highest BCUT2D eigenvalue weighted by Crippen LogP contribution is 2.49. The summed E-state index contributed by atoms with van der Waals surface area (Å²) in [6.07, 6.45) is 17.6. The SMILES string of the molecule is CNC(=O)Nc1ccc(Nc2ncc3c(CNC(=O)c4ccc(Nc5ncc6c(C7CN(C(=O)c8ccc(Nc9ncc%10cc%11n(c%10n9)C9(CCCCC9)C(=O)NN%11)cc8)CCN7)c7n(c6n5)C5(CCCCC5)C(=O)NN7)cc4)c4n(c3n2)C2(CCCCC2)C(=O)NN4)cc1. The molecule has 16 rings (SSSR count). The fourth-order valence-electron chi connectivity index (χ4n) is 15.5. The Kier molecular flexibility index (Phi) is 14.6. The van der Waals surface area contributed by atoms with E-state index in [4.69, 9.17) is 19.9 Å². The third kappa shape index (κ3) is 10.1. The number of hydrazine groups is 3. The second-order valence-corrected chi connectivity index (χ2v) is 25.7. The van der Waals surface area contributed by atoms with Gasteiger partial charge in [0.25, 0.3) is 29.5 Å². The smallest absolute Gasteiger partial charge is 0.318 e. The number of nitrogens with one attached hydrogen (secondary N) is 13. The average Bonchev–Trinajstić information content (AvgIpc) is 1.77. The maximum Gasteiger partial charge on any atom is 0.318 e. The van der Waals surface area contributed by atoms with Crippen LogP contribution in [-0.2, 0) is 37.5 Å². The summed E-state index contributed by atoms with van der Waals surface area (Å²) in [5.41, 5.74) is 22.6. The summed E-state index contributed by atoms with van der Waals surface area (Å²) in [6, 6.07) is 22.6. The number of aromatic nitrogens is 9. The molecule has 7 amide bonds. The summed E-state index contributed by atoms with van der Waals surface area (Å²) in [7, 11) is 1.55. The van der Waals surface area contributed by atoms with E-state index in [1.807, 2.05) is 32.2 Å². The molecular formula is C66H71N23O6. The molecule has 3 saturated carbocycles. The van der Waals surface area contributed by atoms with Crippen LogP contribution in [0, 0.1) is 0 Å². The van der Waals surface area contributed by atoms with E-state index in [0.29, 0.717) is 131 Å². The minimum absolute atomic E-state index is 0.0543. The highest BCUT2D eigenvalue weighted by atomic mass is 16.2. The van der Waals surface area contributed by atoms with E-state index >= 15 is 0 Å². The zero-order chi connectivity index (χ0) is 64.6. The highest BCUT2D eigenvalue weighted by Gasteiger charge is 2.50. The van der Waals surface area contributed by atoms with Crippen molar-refractivity contribution in [3.05, 3.63) is 120 Å². The van der Waals surface area contributed by atoms with Gasteiger partial charge in [0.1, 0.15) is 51.0 Å². The van der Waals surface area contributed by atoms with Gasteiger partial charge in [-0.1, -0.05) is 57.8 Å². The van der Waals surface area contributed by atoms with Crippen molar-refractivity contribution in [3.8, 4) is 0 Å². The Morgan fingerprint density at radius 2 is 1.02 bits per heavy atom. The predicted octanol–water partition coefficient (Wildman–Crippen LogP) is 7.97. The third-order valence-corrected chi connectivity index (χ3v) is 20.2. The molecule has 29 heteroatoms. The minimum atomic E-state index is -0.914. The van der Waals surface area contributed by atoms with Crippen LogP contribution in [0.25, 0.3) is 33.1 Å². The lowest BCUT2D eigenvalue weighted by Crippen LogP contribution is -2.56. The first-order valence-corrected chi connectivity index (χ1v) is 32.7. The Morgan fingerprint density at radius 1 is 0.537 bits per heavy atom. The molecule has 3 aliphatic carbocycles. The van der Waals surface area contributed by atoms with Gasteiger partial charge in [-0.15, -0.1) is 0 Å². The molecule has 4 aliphatic heterocycles. The van der Waals surface area contributed by atoms with E-state index < -0.39 is 16.6 Å². The van der Waals surface area contributed by atoms with Crippen LogP contribution >= 0.6 is 0 Å². The van der Waals surface area contributed by atoms with E-state index in [1.54, 1.807) is 86.3 Å². The topological polar surface area (TPSA) is 354 Å². The van der Waals surface area contributed by atoms with Gasteiger partial charge in [0, 0.05) is 113 Å². The van der Waals surface area contributed by atoms with Crippen LogP contribution < -0.4 is 69.8 Å². The fourth-order valence-corrected chi connectivity index (χ4v) is 15.5. The first kappa shape index (κ1) is 58.9. The molecule has 0 radical (unpaired) electrons. The van der Waals surface area contributed by atoms with Crippen LogP contribution in [0.1, 0.15) is 134 Å². The van der Waals surface area contributed by atoms with Crippen molar-refractivity contribution < 1.29 is 28.8 Å². The quantitative estimate of drug-likeness (QED) is 0.0551. The second-order valence-electron chi connectivity index (χ2n) is 25.7. The number of anilines is 10. The Hall–Kier alpha value is -11.1. The maximum absolute atomic E-state index is 14.5. The molecule has 0 bridgehead atoms. The Labute approximate surface area is 543 Å². The van der Waals surface area contributed by atoms with Crippen LogP contribution in [0.4, 0.5) is 62.8 Å². The van der Waals surface area contributed by atoms with Gasteiger partial charge in [0.15, 0.2) is 0 Å². The van der Waals surface area contributed by atoms with Gasteiger partial charge in [-0.2, -0.15) is 15.0 Å². The van der Waals surface area contributed by atoms with Crippen molar-refractivity contribution in [2.24, 2.45) is 0 Å². The molecule has 1 unspecified atom stereocenters.